The van der Waals surface area contributed by atoms with Crippen LogP contribution in [-0.2, 0) is 11.2 Å². The van der Waals surface area contributed by atoms with E-state index in [0.717, 1.165) is 39.1 Å². The van der Waals surface area contributed by atoms with Crippen LogP contribution in [0.1, 0.15) is 12.5 Å². The van der Waals surface area contributed by atoms with Gasteiger partial charge in [0, 0.05) is 23.0 Å². The number of benzene rings is 3. The summed E-state index contributed by atoms with van der Waals surface area (Å²) in [6, 6.07) is 24.1. The van der Waals surface area contributed by atoms with Crippen LogP contribution in [0.4, 0.5) is 0 Å². The van der Waals surface area contributed by atoms with Crippen molar-refractivity contribution < 1.29 is 9.53 Å². The Balaban J connectivity index is 1.59. The number of fused-ring (bicyclic) bond motifs is 1. The molecule has 0 spiro atoms. The highest BCUT2D eigenvalue weighted by Gasteiger charge is 2.13. The summed E-state index contributed by atoms with van der Waals surface area (Å²) >= 11 is 0. The molecule has 0 aliphatic rings. The summed E-state index contributed by atoms with van der Waals surface area (Å²) in [5, 5.41) is 1.12. The Kier molecular flexibility index (Phi) is 4.85. The molecule has 4 nitrogen and oxygen atoms in total. The van der Waals surface area contributed by atoms with Crippen molar-refractivity contribution in [1.29, 1.82) is 0 Å². The SMILES string of the molecule is CC(Cc1c[nH]c2ccc(-c3ccc(Oc4ccccc4)cc3)cc12)C(N)=O. The number of hydrogen-bond acceptors (Lipinski definition) is 2. The number of H-pyrrole nitrogens is 1. The van der Waals surface area contributed by atoms with Crippen LogP contribution in [0.15, 0.2) is 79.0 Å². The second-order valence-electron chi connectivity index (χ2n) is 7.02. The van der Waals surface area contributed by atoms with Gasteiger partial charge in [-0.05, 0) is 59.5 Å². The van der Waals surface area contributed by atoms with Crippen LogP contribution in [0.2, 0.25) is 0 Å². The predicted molar refractivity (Wildman–Crippen MR) is 112 cm³/mol. The number of hydrogen-bond donors (Lipinski definition) is 2. The van der Waals surface area contributed by atoms with Crippen molar-refractivity contribution in [3.05, 3.63) is 84.6 Å². The molecule has 4 heteroatoms. The molecule has 1 unspecified atom stereocenters. The lowest BCUT2D eigenvalue weighted by Crippen LogP contribution is -2.22. The van der Waals surface area contributed by atoms with Gasteiger partial charge in [-0.15, -0.1) is 0 Å². The molecule has 0 saturated carbocycles. The third-order valence-corrected chi connectivity index (χ3v) is 4.95. The molecular formula is C24H22N2O2. The van der Waals surface area contributed by atoms with Gasteiger partial charge in [0.1, 0.15) is 11.5 Å². The third kappa shape index (κ3) is 3.76. The van der Waals surface area contributed by atoms with Crippen molar-refractivity contribution in [3.8, 4) is 22.6 Å². The molecule has 140 valence electrons. The summed E-state index contributed by atoms with van der Waals surface area (Å²) in [5.41, 5.74) is 9.81. The topological polar surface area (TPSA) is 68.1 Å². The summed E-state index contributed by atoms with van der Waals surface area (Å²) in [5.74, 6) is 1.14. The number of carbonyl (C=O) groups is 1. The van der Waals surface area contributed by atoms with Crippen LogP contribution < -0.4 is 10.5 Å². The lowest BCUT2D eigenvalue weighted by molar-refractivity contribution is -0.121. The van der Waals surface area contributed by atoms with E-state index in [1.54, 1.807) is 0 Å². The molecule has 0 saturated heterocycles. The smallest absolute Gasteiger partial charge is 0.220 e. The Bertz CT molecular complexity index is 1100. The van der Waals surface area contributed by atoms with Gasteiger partial charge < -0.3 is 15.5 Å². The van der Waals surface area contributed by atoms with E-state index in [4.69, 9.17) is 10.5 Å². The van der Waals surface area contributed by atoms with Crippen molar-refractivity contribution in [1.82, 2.24) is 4.98 Å². The van der Waals surface area contributed by atoms with Gasteiger partial charge in [-0.2, -0.15) is 0 Å². The Morgan fingerprint density at radius 1 is 0.964 bits per heavy atom. The summed E-state index contributed by atoms with van der Waals surface area (Å²) in [7, 11) is 0. The summed E-state index contributed by atoms with van der Waals surface area (Å²) in [4.78, 5) is 14.7. The molecule has 4 aromatic rings. The Morgan fingerprint density at radius 3 is 2.36 bits per heavy atom. The lowest BCUT2D eigenvalue weighted by Gasteiger charge is -2.08. The number of amides is 1. The van der Waals surface area contributed by atoms with Gasteiger partial charge in [-0.3, -0.25) is 4.79 Å². The normalized spacial score (nSPS) is 12.0. The molecule has 4 rings (SSSR count). The first-order valence-electron chi connectivity index (χ1n) is 9.33. The van der Waals surface area contributed by atoms with Crippen LogP contribution in [0.25, 0.3) is 22.0 Å². The van der Waals surface area contributed by atoms with Crippen molar-refractivity contribution in [3.63, 3.8) is 0 Å². The van der Waals surface area contributed by atoms with Crippen LogP contribution in [0, 0.1) is 5.92 Å². The highest BCUT2D eigenvalue weighted by molar-refractivity contribution is 5.88. The van der Waals surface area contributed by atoms with Gasteiger partial charge in [-0.1, -0.05) is 43.3 Å². The highest BCUT2D eigenvalue weighted by atomic mass is 16.5. The quantitative estimate of drug-likeness (QED) is 0.484. The second kappa shape index (κ2) is 7.61. The van der Waals surface area contributed by atoms with Gasteiger partial charge in [0.2, 0.25) is 5.91 Å². The van der Waals surface area contributed by atoms with Gasteiger partial charge >= 0.3 is 0 Å². The Labute approximate surface area is 164 Å². The molecule has 1 heterocycles. The number of primary amides is 1. The standard InChI is InChI=1S/C24H22N2O2/c1-16(24(25)27)13-19-15-26-23-12-9-18(14-22(19)23)17-7-10-21(11-8-17)28-20-5-3-2-4-6-20/h2-12,14-16,26H,13H2,1H3,(H2,25,27). The lowest BCUT2D eigenvalue weighted by atomic mass is 9.97. The summed E-state index contributed by atoms with van der Waals surface area (Å²) in [6.07, 6.45) is 2.59. The number of ether oxygens (including phenoxy) is 1. The van der Waals surface area contributed by atoms with E-state index in [-0.39, 0.29) is 11.8 Å². The average Bonchev–Trinajstić information content (AvgIpc) is 3.11. The Hall–Kier alpha value is -3.53. The molecule has 1 atom stereocenters. The van der Waals surface area contributed by atoms with Crippen LogP contribution in [-0.4, -0.2) is 10.9 Å². The van der Waals surface area contributed by atoms with Crippen molar-refractivity contribution in [2.24, 2.45) is 11.7 Å². The minimum atomic E-state index is -0.278. The zero-order valence-electron chi connectivity index (χ0n) is 15.7. The molecule has 1 aromatic heterocycles. The zero-order chi connectivity index (χ0) is 19.5. The third-order valence-electron chi connectivity index (χ3n) is 4.95. The van der Waals surface area contributed by atoms with E-state index in [9.17, 15) is 4.79 Å². The molecule has 3 N–H and O–H groups in total. The predicted octanol–water partition coefficient (Wildman–Crippen LogP) is 5.29. The Morgan fingerprint density at radius 2 is 1.64 bits per heavy atom. The number of aromatic amines is 1. The zero-order valence-corrected chi connectivity index (χ0v) is 15.7. The van der Waals surface area contributed by atoms with E-state index < -0.39 is 0 Å². The minimum absolute atomic E-state index is 0.197. The molecule has 3 aromatic carbocycles. The van der Waals surface area contributed by atoms with Gasteiger partial charge in [0.25, 0.3) is 0 Å². The molecule has 0 fully saturated rings. The maximum Gasteiger partial charge on any atom is 0.220 e. The van der Waals surface area contributed by atoms with Crippen molar-refractivity contribution in [2.45, 2.75) is 13.3 Å². The highest BCUT2D eigenvalue weighted by Crippen LogP contribution is 2.29. The van der Waals surface area contributed by atoms with Gasteiger partial charge in [-0.25, -0.2) is 0 Å². The van der Waals surface area contributed by atoms with E-state index in [1.807, 2.05) is 55.6 Å². The first-order chi connectivity index (χ1) is 13.6. The number of aromatic nitrogens is 1. The maximum absolute atomic E-state index is 11.4. The van der Waals surface area contributed by atoms with Gasteiger partial charge in [0.05, 0.1) is 0 Å². The van der Waals surface area contributed by atoms with Crippen LogP contribution in [0.3, 0.4) is 0 Å². The molecule has 1 amide bonds. The van der Waals surface area contributed by atoms with E-state index in [0.29, 0.717) is 6.42 Å². The first-order valence-corrected chi connectivity index (χ1v) is 9.33. The van der Waals surface area contributed by atoms with E-state index >= 15 is 0 Å². The van der Waals surface area contributed by atoms with Crippen LogP contribution >= 0.6 is 0 Å². The molecular weight excluding hydrogens is 348 g/mol. The molecule has 0 radical (unpaired) electrons. The summed E-state index contributed by atoms with van der Waals surface area (Å²) in [6.45, 7) is 1.86. The number of rotatable bonds is 6. The minimum Gasteiger partial charge on any atom is -0.457 e. The fraction of sp³-hybridized carbons (Fsp3) is 0.125. The molecule has 0 bridgehead atoms. The molecule has 0 aliphatic carbocycles. The molecule has 0 aliphatic heterocycles. The fourth-order valence-electron chi connectivity index (χ4n) is 3.30. The van der Waals surface area contributed by atoms with E-state index in [1.165, 1.54) is 0 Å². The number of nitrogens with one attached hydrogen (secondary N) is 1. The second-order valence-corrected chi connectivity index (χ2v) is 7.02. The van der Waals surface area contributed by atoms with E-state index in [2.05, 4.69) is 35.3 Å². The summed E-state index contributed by atoms with van der Waals surface area (Å²) < 4.78 is 5.86. The fourth-order valence-corrected chi connectivity index (χ4v) is 3.30. The molecule has 28 heavy (non-hydrogen) atoms. The number of para-hydroxylation sites is 1. The largest absolute Gasteiger partial charge is 0.457 e. The number of nitrogens with two attached hydrogens (primary N) is 1. The van der Waals surface area contributed by atoms with Gasteiger partial charge in [0.15, 0.2) is 0 Å². The monoisotopic (exact) mass is 370 g/mol. The van der Waals surface area contributed by atoms with Crippen molar-refractivity contribution >= 4 is 16.8 Å². The average molecular weight is 370 g/mol. The van der Waals surface area contributed by atoms with Crippen LogP contribution in [0.5, 0.6) is 11.5 Å². The number of carbonyl (C=O) groups excluding carboxylic acids is 1. The van der Waals surface area contributed by atoms with Crippen molar-refractivity contribution in [2.75, 3.05) is 0 Å². The maximum atomic E-state index is 11.4. The first kappa shape index (κ1) is 17.9.